The van der Waals surface area contributed by atoms with Gasteiger partial charge in [-0.1, -0.05) is 36.4 Å². The maximum atomic E-state index is 5.92. The van der Waals surface area contributed by atoms with Crippen molar-refractivity contribution in [3.63, 3.8) is 0 Å². The zero-order valence-corrected chi connectivity index (χ0v) is 10.1. The number of hydrogen-bond acceptors (Lipinski definition) is 3. The van der Waals surface area contributed by atoms with Crippen molar-refractivity contribution in [3.8, 4) is 11.5 Å². The van der Waals surface area contributed by atoms with Gasteiger partial charge in [0.05, 0.1) is 0 Å². The van der Waals surface area contributed by atoms with Gasteiger partial charge in [0.2, 0.25) is 0 Å². The van der Waals surface area contributed by atoms with Crippen LogP contribution in [0.25, 0.3) is 10.9 Å². The van der Waals surface area contributed by atoms with E-state index in [9.17, 15) is 0 Å². The van der Waals surface area contributed by atoms with Crippen molar-refractivity contribution in [2.45, 2.75) is 6.29 Å². The smallest absolute Gasteiger partial charge is 0.268 e. The van der Waals surface area contributed by atoms with Crippen molar-refractivity contribution in [3.05, 3.63) is 66.4 Å². The van der Waals surface area contributed by atoms with Crippen LogP contribution in [0.3, 0.4) is 0 Å². The van der Waals surface area contributed by atoms with Crippen LogP contribution in [0.4, 0.5) is 0 Å². The van der Waals surface area contributed by atoms with E-state index in [0.717, 1.165) is 28.0 Å². The Labute approximate surface area is 110 Å². The van der Waals surface area contributed by atoms with Gasteiger partial charge in [0.1, 0.15) is 5.52 Å². The fourth-order valence-corrected chi connectivity index (χ4v) is 2.30. The van der Waals surface area contributed by atoms with Crippen molar-refractivity contribution >= 4 is 10.9 Å². The molecule has 3 heteroatoms. The molecule has 0 bridgehead atoms. The Hall–Kier alpha value is -2.55. The highest BCUT2D eigenvalue weighted by Crippen LogP contribution is 2.44. The molecule has 1 aliphatic heterocycles. The predicted molar refractivity (Wildman–Crippen MR) is 72.2 cm³/mol. The van der Waals surface area contributed by atoms with Gasteiger partial charge in [0.25, 0.3) is 6.29 Å². The molecule has 4 rings (SSSR count). The van der Waals surface area contributed by atoms with Crippen molar-refractivity contribution in [1.29, 1.82) is 0 Å². The Morgan fingerprint density at radius 1 is 0.842 bits per heavy atom. The lowest BCUT2D eigenvalue weighted by Gasteiger charge is -2.09. The summed E-state index contributed by atoms with van der Waals surface area (Å²) in [6.45, 7) is 0. The maximum Gasteiger partial charge on any atom is 0.268 e. The molecule has 1 aliphatic rings. The molecule has 0 radical (unpaired) electrons. The van der Waals surface area contributed by atoms with Crippen LogP contribution in [0.5, 0.6) is 11.5 Å². The molecule has 3 nitrogen and oxygen atoms in total. The fraction of sp³-hybridized carbons (Fsp3) is 0.0625. The lowest BCUT2D eigenvalue weighted by atomic mass is 10.2. The number of ether oxygens (including phenoxy) is 2. The van der Waals surface area contributed by atoms with Gasteiger partial charge in [0, 0.05) is 17.1 Å². The van der Waals surface area contributed by atoms with E-state index in [1.165, 1.54) is 0 Å². The molecule has 92 valence electrons. The minimum absolute atomic E-state index is 0.385. The van der Waals surface area contributed by atoms with E-state index in [0.29, 0.717) is 0 Å². The van der Waals surface area contributed by atoms with Gasteiger partial charge in [-0.2, -0.15) is 0 Å². The topological polar surface area (TPSA) is 31.4 Å². The van der Waals surface area contributed by atoms with Crippen LogP contribution in [0.1, 0.15) is 11.9 Å². The standard InChI is InChI=1S/C16H11NO2/c1-2-5-12(6-3-1)16-18-13-9-8-11-7-4-10-17-14(11)15(13)19-16/h1-10,16H. The molecule has 1 unspecified atom stereocenters. The van der Waals surface area contributed by atoms with Crippen LogP contribution < -0.4 is 9.47 Å². The van der Waals surface area contributed by atoms with Crippen molar-refractivity contribution in [2.24, 2.45) is 0 Å². The second-order valence-electron chi connectivity index (χ2n) is 4.45. The van der Waals surface area contributed by atoms with Crippen LogP contribution in [0.15, 0.2) is 60.8 Å². The van der Waals surface area contributed by atoms with Crippen LogP contribution in [-0.2, 0) is 0 Å². The second-order valence-corrected chi connectivity index (χ2v) is 4.45. The lowest BCUT2D eigenvalue weighted by molar-refractivity contribution is 0.0493. The Bertz CT molecular complexity index is 740. The van der Waals surface area contributed by atoms with E-state index in [4.69, 9.17) is 9.47 Å². The number of aromatic nitrogens is 1. The number of rotatable bonds is 1. The average Bonchev–Trinajstić information content (AvgIpc) is 2.93. The number of benzene rings is 2. The molecular formula is C16H11NO2. The Morgan fingerprint density at radius 3 is 2.63 bits per heavy atom. The highest BCUT2D eigenvalue weighted by atomic mass is 16.7. The van der Waals surface area contributed by atoms with Crippen LogP contribution in [0.2, 0.25) is 0 Å². The number of fused-ring (bicyclic) bond motifs is 3. The van der Waals surface area contributed by atoms with Gasteiger partial charge in [0.15, 0.2) is 11.5 Å². The van der Waals surface area contributed by atoms with Gasteiger partial charge >= 0.3 is 0 Å². The third-order valence-electron chi connectivity index (χ3n) is 3.22. The molecule has 2 heterocycles. The fourth-order valence-electron chi connectivity index (χ4n) is 2.30. The zero-order chi connectivity index (χ0) is 12.7. The molecule has 0 aliphatic carbocycles. The molecule has 0 amide bonds. The number of nitrogens with zero attached hydrogens (tertiary/aromatic N) is 1. The van der Waals surface area contributed by atoms with E-state index in [-0.39, 0.29) is 6.29 Å². The Balaban J connectivity index is 1.80. The van der Waals surface area contributed by atoms with Crippen molar-refractivity contribution < 1.29 is 9.47 Å². The first-order valence-electron chi connectivity index (χ1n) is 6.18. The third-order valence-corrected chi connectivity index (χ3v) is 3.22. The SMILES string of the molecule is c1ccc(C2Oc3ccc4cccnc4c3O2)cc1. The maximum absolute atomic E-state index is 5.92. The van der Waals surface area contributed by atoms with Gasteiger partial charge in [-0.15, -0.1) is 0 Å². The molecule has 1 aromatic heterocycles. The average molecular weight is 249 g/mol. The van der Waals surface area contributed by atoms with Gasteiger partial charge < -0.3 is 9.47 Å². The summed E-state index contributed by atoms with van der Waals surface area (Å²) in [4.78, 5) is 4.38. The minimum Gasteiger partial charge on any atom is -0.447 e. The zero-order valence-electron chi connectivity index (χ0n) is 10.1. The summed E-state index contributed by atoms with van der Waals surface area (Å²) in [5, 5.41) is 1.05. The summed E-state index contributed by atoms with van der Waals surface area (Å²) >= 11 is 0. The molecule has 0 N–H and O–H groups in total. The molecule has 0 saturated carbocycles. The molecule has 3 aromatic rings. The summed E-state index contributed by atoms with van der Waals surface area (Å²) in [5.41, 5.74) is 1.85. The van der Waals surface area contributed by atoms with Crippen LogP contribution in [0, 0.1) is 0 Å². The van der Waals surface area contributed by atoms with Crippen molar-refractivity contribution in [2.75, 3.05) is 0 Å². The second kappa shape index (κ2) is 3.99. The van der Waals surface area contributed by atoms with Gasteiger partial charge in [-0.3, -0.25) is 4.98 Å². The first kappa shape index (κ1) is 10.4. The summed E-state index contributed by atoms with van der Waals surface area (Å²) in [6, 6.07) is 17.8. The quantitative estimate of drug-likeness (QED) is 0.659. The molecule has 2 aromatic carbocycles. The lowest BCUT2D eigenvalue weighted by Crippen LogP contribution is -2.07. The minimum atomic E-state index is -0.385. The van der Waals surface area contributed by atoms with Crippen LogP contribution >= 0.6 is 0 Å². The summed E-state index contributed by atoms with van der Waals surface area (Å²) in [7, 11) is 0. The predicted octanol–water partition coefficient (Wildman–Crippen LogP) is 3.70. The summed E-state index contributed by atoms with van der Waals surface area (Å²) in [6.07, 6.45) is 1.38. The molecule has 0 saturated heterocycles. The van der Waals surface area contributed by atoms with Crippen LogP contribution in [-0.4, -0.2) is 4.98 Å². The number of hydrogen-bond donors (Lipinski definition) is 0. The Morgan fingerprint density at radius 2 is 1.74 bits per heavy atom. The van der Waals surface area contributed by atoms with Gasteiger partial charge in [-0.25, -0.2) is 0 Å². The monoisotopic (exact) mass is 249 g/mol. The third kappa shape index (κ3) is 1.63. The first-order valence-corrected chi connectivity index (χ1v) is 6.18. The number of pyridine rings is 1. The van der Waals surface area contributed by atoms with E-state index in [1.54, 1.807) is 6.20 Å². The highest BCUT2D eigenvalue weighted by molar-refractivity contribution is 5.87. The normalized spacial score (nSPS) is 16.7. The first-order chi connectivity index (χ1) is 9.42. The molecule has 0 fully saturated rings. The molecule has 0 spiro atoms. The van der Waals surface area contributed by atoms with Gasteiger partial charge in [-0.05, 0) is 18.2 Å². The largest absolute Gasteiger partial charge is 0.447 e. The van der Waals surface area contributed by atoms with E-state index >= 15 is 0 Å². The van der Waals surface area contributed by atoms with Crippen molar-refractivity contribution in [1.82, 2.24) is 4.98 Å². The Kier molecular flexibility index (Phi) is 2.18. The summed E-state index contributed by atoms with van der Waals surface area (Å²) in [5.74, 6) is 1.48. The van der Waals surface area contributed by atoms with E-state index in [2.05, 4.69) is 4.98 Å². The summed E-state index contributed by atoms with van der Waals surface area (Å²) < 4.78 is 11.8. The molecule has 19 heavy (non-hydrogen) atoms. The molecular weight excluding hydrogens is 238 g/mol. The highest BCUT2D eigenvalue weighted by Gasteiger charge is 2.27. The van der Waals surface area contributed by atoms with E-state index < -0.39 is 0 Å². The van der Waals surface area contributed by atoms with E-state index in [1.807, 2.05) is 54.6 Å². The molecule has 1 atom stereocenters.